The van der Waals surface area contributed by atoms with Gasteiger partial charge in [-0.25, -0.2) is 13.1 Å². The number of thiophene rings is 1. The molecule has 0 saturated heterocycles. The van der Waals surface area contributed by atoms with E-state index in [2.05, 4.69) is 4.72 Å². The van der Waals surface area contributed by atoms with Crippen molar-refractivity contribution in [3.8, 4) is 0 Å². The molecule has 1 atom stereocenters. The maximum atomic E-state index is 13.0. The summed E-state index contributed by atoms with van der Waals surface area (Å²) in [5.74, 6) is -0.466. The summed E-state index contributed by atoms with van der Waals surface area (Å²) in [4.78, 5) is 12.7. The number of hydrogen-bond acceptors (Lipinski definition) is 5. The van der Waals surface area contributed by atoms with Crippen molar-refractivity contribution in [3.63, 3.8) is 0 Å². The van der Waals surface area contributed by atoms with Crippen LogP contribution in [0.2, 0.25) is 0 Å². The normalized spacial score (nSPS) is 13.4. The lowest BCUT2D eigenvalue weighted by atomic mass is 9.87. The van der Waals surface area contributed by atoms with Crippen molar-refractivity contribution in [1.82, 2.24) is 4.72 Å². The number of nitrogens with one attached hydrogen (secondary N) is 1. The first-order chi connectivity index (χ1) is 12.0. The van der Waals surface area contributed by atoms with Crippen LogP contribution < -0.4 is 4.72 Å². The number of rotatable bonds is 6. The SMILES string of the molecule is COC(=O)CC(NS(=O)(=O)c1cc(C(C)(C)C)ccc1C)c1cccs1. The second-order valence-electron chi connectivity index (χ2n) is 7.20. The predicted octanol–water partition coefficient (Wildman–Crippen LogP) is 3.94. The number of aryl methyl sites for hydroxylation is 1. The second-order valence-corrected chi connectivity index (χ2v) is 9.86. The van der Waals surface area contributed by atoms with Crippen LogP contribution in [-0.4, -0.2) is 21.5 Å². The second kappa shape index (κ2) is 7.90. The molecule has 0 radical (unpaired) electrons. The third-order valence-electron chi connectivity index (χ3n) is 4.13. The molecule has 2 aromatic rings. The van der Waals surface area contributed by atoms with E-state index in [1.807, 2.05) is 44.4 Å². The Hall–Kier alpha value is -1.70. The minimum atomic E-state index is -3.80. The van der Waals surface area contributed by atoms with Gasteiger partial charge in [0.15, 0.2) is 0 Å². The lowest BCUT2D eigenvalue weighted by molar-refractivity contribution is -0.141. The number of methoxy groups -OCH3 is 1. The number of sulfonamides is 1. The quantitative estimate of drug-likeness (QED) is 0.752. The number of hydrogen-bond donors (Lipinski definition) is 1. The number of ether oxygens (including phenoxy) is 1. The van der Waals surface area contributed by atoms with Gasteiger partial charge in [0.1, 0.15) is 0 Å². The molecule has 1 aromatic heterocycles. The maximum Gasteiger partial charge on any atom is 0.307 e. The minimum Gasteiger partial charge on any atom is -0.469 e. The molecule has 0 aliphatic heterocycles. The molecular formula is C19H25NO4S2. The van der Waals surface area contributed by atoms with Gasteiger partial charge in [0, 0.05) is 4.88 Å². The van der Waals surface area contributed by atoms with Crippen LogP contribution in [0.25, 0.3) is 0 Å². The Morgan fingerprint density at radius 1 is 1.27 bits per heavy atom. The molecule has 0 fully saturated rings. The van der Waals surface area contributed by atoms with Gasteiger partial charge in [-0.2, -0.15) is 0 Å². The van der Waals surface area contributed by atoms with Gasteiger partial charge < -0.3 is 4.74 Å². The summed E-state index contributed by atoms with van der Waals surface area (Å²) in [6.45, 7) is 7.87. The summed E-state index contributed by atoms with van der Waals surface area (Å²) < 4.78 is 33.5. The number of benzene rings is 1. The molecule has 0 spiro atoms. The van der Waals surface area contributed by atoms with E-state index in [9.17, 15) is 13.2 Å². The maximum absolute atomic E-state index is 13.0. The zero-order chi connectivity index (χ0) is 19.5. The van der Waals surface area contributed by atoms with Crippen LogP contribution in [0.15, 0.2) is 40.6 Å². The molecule has 7 heteroatoms. The van der Waals surface area contributed by atoms with Crippen molar-refractivity contribution >= 4 is 27.3 Å². The fourth-order valence-corrected chi connectivity index (χ4v) is 4.89. The summed E-state index contributed by atoms with van der Waals surface area (Å²) in [6, 6.07) is 8.44. The molecule has 0 aliphatic carbocycles. The first-order valence-electron chi connectivity index (χ1n) is 8.28. The lowest BCUT2D eigenvalue weighted by Gasteiger charge is -2.22. The minimum absolute atomic E-state index is 0.0613. The number of carbonyl (C=O) groups excluding carboxylic acids is 1. The number of carbonyl (C=O) groups is 1. The molecule has 0 saturated carbocycles. The van der Waals surface area contributed by atoms with Crippen LogP contribution in [0.5, 0.6) is 0 Å². The summed E-state index contributed by atoms with van der Waals surface area (Å²) in [7, 11) is -2.51. The Morgan fingerprint density at radius 2 is 1.96 bits per heavy atom. The third-order valence-corrected chi connectivity index (χ3v) is 6.73. The molecule has 0 amide bonds. The standard InChI is InChI=1S/C19H25NO4S2/c1-13-8-9-14(19(2,3)4)11-17(13)26(22,23)20-15(12-18(21)24-5)16-7-6-10-25-16/h6-11,15,20H,12H2,1-5H3. The fraction of sp³-hybridized carbons (Fsp3) is 0.421. The summed E-state index contributed by atoms with van der Waals surface area (Å²) in [5, 5.41) is 1.85. The van der Waals surface area contributed by atoms with Crippen LogP contribution >= 0.6 is 11.3 Å². The van der Waals surface area contributed by atoms with Crippen molar-refractivity contribution in [2.24, 2.45) is 0 Å². The summed E-state index contributed by atoms with van der Waals surface area (Å²) in [5.41, 5.74) is 1.43. The fourth-order valence-electron chi connectivity index (χ4n) is 2.55. The van der Waals surface area contributed by atoms with Gasteiger partial charge in [-0.05, 0) is 41.0 Å². The average molecular weight is 396 g/mol. The van der Waals surface area contributed by atoms with Gasteiger partial charge >= 0.3 is 5.97 Å². The highest BCUT2D eigenvalue weighted by Crippen LogP contribution is 2.29. The van der Waals surface area contributed by atoms with E-state index in [0.717, 1.165) is 10.4 Å². The molecule has 0 bridgehead atoms. The predicted molar refractivity (Wildman–Crippen MR) is 104 cm³/mol. The molecule has 5 nitrogen and oxygen atoms in total. The summed E-state index contributed by atoms with van der Waals surface area (Å²) >= 11 is 1.40. The van der Waals surface area contributed by atoms with Gasteiger partial charge in [0.2, 0.25) is 10.0 Å². The Bertz CT molecular complexity index is 865. The summed E-state index contributed by atoms with van der Waals surface area (Å²) in [6.07, 6.45) is -0.0613. The van der Waals surface area contributed by atoms with Crippen LogP contribution in [0.1, 0.15) is 49.2 Å². The van der Waals surface area contributed by atoms with Crippen LogP contribution in [0.4, 0.5) is 0 Å². The largest absolute Gasteiger partial charge is 0.469 e. The smallest absolute Gasteiger partial charge is 0.307 e. The molecule has 2 rings (SSSR count). The zero-order valence-corrected chi connectivity index (χ0v) is 17.3. The van der Waals surface area contributed by atoms with Gasteiger partial charge in [0.25, 0.3) is 0 Å². The Morgan fingerprint density at radius 3 is 2.50 bits per heavy atom. The van der Waals surface area contributed by atoms with Crippen molar-refractivity contribution in [2.75, 3.05) is 7.11 Å². The van der Waals surface area contributed by atoms with E-state index < -0.39 is 22.0 Å². The van der Waals surface area contributed by atoms with Crippen molar-refractivity contribution in [3.05, 3.63) is 51.7 Å². The molecule has 1 N–H and O–H groups in total. The molecule has 0 aliphatic rings. The molecule has 1 unspecified atom stereocenters. The third kappa shape index (κ3) is 4.93. The topological polar surface area (TPSA) is 72.5 Å². The average Bonchev–Trinajstić information content (AvgIpc) is 3.07. The van der Waals surface area contributed by atoms with E-state index in [4.69, 9.17) is 4.74 Å². The van der Waals surface area contributed by atoms with E-state index in [0.29, 0.717) is 5.56 Å². The lowest BCUT2D eigenvalue weighted by Crippen LogP contribution is -2.31. The van der Waals surface area contributed by atoms with Crippen molar-refractivity contribution in [2.45, 2.75) is 50.5 Å². The molecule has 26 heavy (non-hydrogen) atoms. The van der Waals surface area contributed by atoms with Crippen LogP contribution in [-0.2, 0) is 25.0 Å². The Kier molecular flexibility index (Phi) is 6.26. The molecule has 1 heterocycles. The monoisotopic (exact) mass is 395 g/mol. The molecular weight excluding hydrogens is 370 g/mol. The zero-order valence-electron chi connectivity index (χ0n) is 15.7. The van der Waals surface area contributed by atoms with Crippen molar-refractivity contribution in [1.29, 1.82) is 0 Å². The Balaban J connectivity index is 2.41. The van der Waals surface area contributed by atoms with E-state index in [1.165, 1.54) is 18.4 Å². The van der Waals surface area contributed by atoms with Crippen LogP contribution in [0.3, 0.4) is 0 Å². The van der Waals surface area contributed by atoms with Crippen molar-refractivity contribution < 1.29 is 17.9 Å². The Labute approximate surface area is 159 Å². The van der Waals surface area contributed by atoms with Gasteiger partial charge in [0.05, 0.1) is 24.5 Å². The van der Waals surface area contributed by atoms with E-state index in [-0.39, 0.29) is 16.7 Å². The number of esters is 1. The highest BCUT2D eigenvalue weighted by molar-refractivity contribution is 7.89. The van der Waals surface area contributed by atoms with E-state index in [1.54, 1.807) is 19.1 Å². The highest BCUT2D eigenvalue weighted by atomic mass is 32.2. The van der Waals surface area contributed by atoms with E-state index >= 15 is 0 Å². The highest BCUT2D eigenvalue weighted by Gasteiger charge is 2.27. The molecule has 142 valence electrons. The first kappa shape index (κ1) is 20.6. The first-order valence-corrected chi connectivity index (χ1v) is 10.6. The van der Waals surface area contributed by atoms with Crippen LogP contribution in [0, 0.1) is 6.92 Å². The van der Waals surface area contributed by atoms with Gasteiger partial charge in [-0.1, -0.05) is 39.0 Å². The van der Waals surface area contributed by atoms with Gasteiger partial charge in [-0.3, -0.25) is 4.79 Å². The van der Waals surface area contributed by atoms with Gasteiger partial charge in [-0.15, -0.1) is 11.3 Å². The molecule has 1 aromatic carbocycles.